The monoisotopic (exact) mass is 234 g/mol. The summed E-state index contributed by atoms with van der Waals surface area (Å²) in [4.78, 5) is 10.5. The number of rotatable bonds is 8. The maximum atomic E-state index is 10.5. The first-order valence-corrected chi connectivity index (χ1v) is 6.27. The lowest BCUT2D eigenvalue weighted by molar-refractivity contribution is -0.107. The molecule has 3 heteroatoms. The summed E-state index contributed by atoms with van der Waals surface area (Å²) in [5.41, 5.74) is 9.28. The lowest BCUT2D eigenvalue weighted by Crippen LogP contribution is -2.15. The van der Waals surface area contributed by atoms with E-state index in [9.17, 15) is 4.79 Å². The summed E-state index contributed by atoms with van der Waals surface area (Å²) in [6.07, 6.45) is 3.48. The van der Waals surface area contributed by atoms with Gasteiger partial charge >= 0.3 is 0 Å². The maximum Gasteiger partial charge on any atom is 0.120 e. The molecule has 0 atom stereocenters. The summed E-state index contributed by atoms with van der Waals surface area (Å²) in [5, 5.41) is 3.39. The van der Waals surface area contributed by atoms with Crippen molar-refractivity contribution in [1.29, 1.82) is 0 Å². The van der Waals surface area contributed by atoms with Gasteiger partial charge in [0, 0.05) is 19.5 Å². The average Bonchev–Trinajstić information content (AvgIpc) is 2.37. The summed E-state index contributed by atoms with van der Waals surface area (Å²) >= 11 is 0. The summed E-state index contributed by atoms with van der Waals surface area (Å²) in [5.74, 6) is 0. The third kappa shape index (κ3) is 4.67. The van der Waals surface area contributed by atoms with Crippen LogP contribution in [0.25, 0.3) is 0 Å². The number of carbonyl (C=O) groups is 1. The third-order valence-corrected chi connectivity index (χ3v) is 2.78. The van der Waals surface area contributed by atoms with Crippen LogP contribution in [-0.4, -0.2) is 12.8 Å². The summed E-state index contributed by atoms with van der Waals surface area (Å²) in [6.45, 7) is 4.59. The Balaban J connectivity index is 2.74. The van der Waals surface area contributed by atoms with E-state index in [1.165, 1.54) is 11.1 Å². The van der Waals surface area contributed by atoms with Crippen LogP contribution in [0, 0.1) is 0 Å². The van der Waals surface area contributed by atoms with Crippen molar-refractivity contribution in [3.8, 4) is 0 Å². The Morgan fingerprint density at radius 1 is 1.35 bits per heavy atom. The molecule has 0 saturated heterocycles. The second-order valence-corrected chi connectivity index (χ2v) is 4.19. The van der Waals surface area contributed by atoms with E-state index >= 15 is 0 Å². The van der Waals surface area contributed by atoms with E-state index in [1.807, 2.05) is 0 Å². The number of aryl methyl sites for hydroxylation is 1. The largest absolute Gasteiger partial charge is 0.326 e. The molecule has 0 aliphatic carbocycles. The van der Waals surface area contributed by atoms with E-state index in [0.717, 1.165) is 37.8 Å². The van der Waals surface area contributed by atoms with Crippen molar-refractivity contribution in [3.63, 3.8) is 0 Å². The molecule has 0 aliphatic heterocycles. The fourth-order valence-corrected chi connectivity index (χ4v) is 1.83. The van der Waals surface area contributed by atoms with Crippen LogP contribution in [0.2, 0.25) is 0 Å². The van der Waals surface area contributed by atoms with Crippen molar-refractivity contribution < 1.29 is 4.79 Å². The second-order valence-electron chi connectivity index (χ2n) is 4.19. The highest BCUT2D eigenvalue weighted by molar-refractivity contribution is 5.50. The molecule has 0 fully saturated rings. The van der Waals surface area contributed by atoms with E-state index < -0.39 is 0 Å². The Kier molecular flexibility index (Phi) is 6.51. The van der Waals surface area contributed by atoms with Gasteiger partial charge in [0.2, 0.25) is 0 Å². The second kappa shape index (κ2) is 7.98. The predicted octanol–water partition coefficient (Wildman–Crippen LogP) is 1.78. The number of nitrogens with one attached hydrogen (secondary N) is 1. The van der Waals surface area contributed by atoms with E-state index in [4.69, 9.17) is 5.73 Å². The van der Waals surface area contributed by atoms with Gasteiger partial charge in [-0.05, 0) is 36.1 Å². The van der Waals surface area contributed by atoms with Crippen molar-refractivity contribution in [2.45, 2.75) is 39.3 Å². The zero-order valence-corrected chi connectivity index (χ0v) is 10.5. The molecule has 0 saturated carbocycles. The first-order valence-electron chi connectivity index (χ1n) is 6.27. The van der Waals surface area contributed by atoms with Crippen molar-refractivity contribution in [3.05, 3.63) is 34.9 Å². The van der Waals surface area contributed by atoms with Crippen LogP contribution in [0.5, 0.6) is 0 Å². The minimum Gasteiger partial charge on any atom is -0.326 e. The smallest absolute Gasteiger partial charge is 0.120 e. The molecule has 3 N–H and O–H groups in total. The van der Waals surface area contributed by atoms with Crippen molar-refractivity contribution in [2.75, 3.05) is 6.54 Å². The van der Waals surface area contributed by atoms with Gasteiger partial charge in [-0.2, -0.15) is 0 Å². The Bertz CT molecular complexity index is 350. The molecule has 0 unspecified atom stereocenters. The minimum absolute atomic E-state index is 0.552. The van der Waals surface area contributed by atoms with Crippen molar-refractivity contribution in [2.24, 2.45) is 5.73 Å². The number of nitrogens with two attached hydrogens (primary N) is 1. The van der Waals surface area contributed by atoms with Gasteiger partial charge in [0.1, 0.15) is 6.29 Å². The van der Waals surface area contributed by atoms with Crippen LogP contribution in [0.15, 0.2) is 18.2 Å². The highest BCUT2D eigenvalue weighted by atomic mass is 16.1. The Labute approximate surface area is 103 Å². The normalized spacial score (nSPS) is 10.5. The maximum absolute atomic E-state index is 10.5. The molecule has 0 amide bonds. The molecular weight excluding hydrogens is 212 g/mol. The fraction of sp³-hybridized carbons (Fsp3) is 0.500. The first-order chi connectivity index (χ1) is 8.31. The molecule has 0 heterocycles. The van der Waals surface area contributed by atoms with Crippen LogP contribution in [-0.2, 0) is 24.3 Å². The molecule has 1 aromatic rings. The molecule has 0 radical (unpaired) electrons. The Morgan fingerprint density at radius 2 is 2.18 bits per heavy atom. The molecule has 94 valence electrons. The quantitative estimate of drug-likeness (QED) is 0.532. The van der Waals surface area contributed by atoms with Gasteiger partial charge in [-0.3, -0.25) is 0 Å². The number of hydrogen-bond acceptors (Lipinski definition) is 3. The highest BCUT2D eigenvalue weighted by Gasteiger charge is 2.03. The molecule has 17 heavy (non-hydrogen) atoms. The molecule has 1 rings (SSSR count). The fourth-order valence-electron chi connectivity index (χ4n) is 1.83. The highest BCUT2D eigenvalue weighted by Crippen LogP contribution is 2.14. The van der Waals surface area contributed by atoms with E-state index in [2.05, 4.69) is 30.4 Å². The van der Waals surface area contributed by atoms with Crippen LogP contribution < -0.4 is 11.1 Å². The average molecular weight is 234 g/mol. The van der Waals surface area contributed by atoms with Gasteiger partial charge in [0.25, 0.3) is 0 Å². The van der Waals surface area contributed by atoms with Crippen LogP contribution >= 0.6 is 0 Å². The molecule has 0 aromatic heterocycles. The van der Waals surface area contributed by atoms with Gasteiger partial charge in [-0.1, -0.05) is 25.1 Å². The molecule has 0 aliphatic rings. The van der Waals surface area contributed by atoms with Gasteiger partial charge in [-0.25, -0.2) is 0 Å². The van der Waals surface area contributed by atoms with Crippen LogP contribution in [0.1, 0.15) is 36.5 Å². The predicted molar refractivity (Wildman–Crippen MR) is 70.7 cm³/mol. The minimum atomic E-state index is 0.552. The van der Waals surface area contributed by atoms with Gasteiger partial charge < -0.3 is 15.8 Å². The number of aldehydes is 1. The Morgan fingerprint density at radius 3 is 2.82 bits per heavy atom. The SMILES string of the molecule is CCCNCc1ccc(CN)cc1CCC=O. The summed E-state index contributed by atoms with van der Waals surface area (Å²) in [7, 11) is 0. The summed E-state index contributed by atoms with van der Waals surface area (Å²) < 4.78 is 0. The Hall–Kier alpha value is -1.19. The number of benzene rings is 1. The standard InChI is InChI=1S/C14H22N2O/c1-2-7-16-11-14-6-5-12(10-15)9-13(14)4-3-8-17/h5-6,8-9,16H,2-4,7,10-11,15H2,1H3. The van der Waals surface area contributed by atoms with Crippen molar-refractivity contribution >= 4 is 6.29 Å². The first kappa shape index (κ1) is 13.9. The lowest BCUT2D eigenvalue weighted by atomic mass is 10.00. The van der Waals surface area contributed by atoms with Gasteiger partial charge in [0.05, 0.1) is 0 Å². The van der Waals surface area contributed by atoms with E-state index in [0.29, 0.717) is 13.0 Å². The zero-order valence-electron chi connectivity index (χ0n) is 10.5. The molecular formula is C14H22N2O. The van der Waals surface area contributed by atoms with Crippen molar-refractivity contribution in [1.82, 2.24) is 5.32 Å². The van der Waals surface area contributed by atoms with Crippen LogP contribution in [0.3, 0.4) is 0 Å². The van der Waals surface area contributed by atoms with Gasteiger partial charge in [0.15, 0.2) is 0 Å². The zero-order chi connectivity index (χ0) is 12.5. The topological polar surface area (TPSA) is 55.1 Å². The molecule has 3 nitrogen and oxygen atoms in total. The van der Waals surface area contributed by atoms with Gasteiger partial charge in [-0.15, -0.1) is 0 Å². The van der Waals surface area contributed by atoms with Crippen LogP contribution in [0.4, 0.5) is 0 Å². The number of hydrogen-bond donors (Lipinski definition) is 2. The number of carbonyl (C=O) groups excluding carboxylic acids is 1. The molecule has 0 bridgehead atoms. The van der Waals surface area contributed by atoms with E-state index in [-0.39, 0.29) is 0 Å². The summed E-state index contributed by atoms with van der Waals surface area (Å²) in [6, 6.07) is 6.30. The third-order valence-electron chi connectivity index (χ3n) is 2.78. The van der Waals surface area contributed by atoms with E-state index in [1.54, 1.807) is 0 Å². The molecule has 1 aromatic carbocycles. The molecule has 0 spiro atoms. The lowest BCUT2D eigenvalue weighted by Gasteiger charge is -2.11.